The summed E-state index contributed by atoms with van der Waals surface area (Å²) < 4.78 is 0. The lowest BCUT2D eigenvalue weighted by atomic mass is 10.1. The minimum Gasteiger partial charge on any atom is -0.355 e. The molecule has 20 heavy (non-hydrogen) atoms. The van der Waals surface area contributed by atoms with Crippen LogP contribution in [-0.4, -0.2) is 23.5 Å². The Labute approximate surface area is 122 Å². The van der Waals surface area contributed by atoms with Crippen LogP contribution in [0.1, 0.15) is 17.8 Å². The van der Waals surface area contributed by atoms with Gasteiger partial charge in [-0.25, -0.2) is 4.98 Å². The van der Waals surface area contributed by atoms with Crippen molar-refractivity contribution in [2.24, 2.45) is 0 Å². The standard InChI is InChI=1S/C15H17N3OS/c19-14-7-6-12(8-17-14)16-9-15-18-13(10-20-15)11-4-2-1-3-5-11/h1-5,10,12,16H,6-9H2,(H,17,19). The van der Waals surface area contributed by atoms with Crippen LogP contribution in [0.25, 0.3) is 11.3 Å². The number of nitrogens with one attached hydrogen (secondary N) is 2. The highest BCUT2D eigenvalue weighted by Crippen LogP contribution is 2.21. The molecule has 0 aliphatic carbocycles. The Morgan fingerprint density at radius 2 is 2.20 bits per heavy atom. The number of piperidine rings is 1. The van der Waals surface area contributed by atoms with Gasteiger partial charge in [0.25, 0.3) is 0 Å². The van der Waals surface area contributed by atoms with E-state index in [1.54, 1.807) is 11.3 Å². The summed E-state index contributed by atoms with van der Waals surface area (Å²) in [5.41, 5.74) is 2.18. The monoisotopic (exact) mass is 287 g/mol. The van der Waals surface area contributed by atoms with E-state index < -0.39 is 0 Å². The summed E-state index contributed by atoms with van der Waals surface area (Å²) in [6.45, 7) is 1.48. The lowest BCUT2D eigenvalue weighted by Crippen LogP contribution is -2.45. The number of carbonyl (C=O) groups excluding carboxylic acids is 1. The molecule has 4 nitrogen and oxygen atoms in total. The van der Waals surface area contributed by atoms with Crippen molar-refractivity contribution in [1.29, 1.82) is 0 Å². The number of carbonyl (C=O) groups is 1. The number of nitrogens with zero attached hydrogens (tertiary/aromatic N) is 1. The van der Waals surface area contributed by atoms with E-state index in [1.165, 1.54) is 0 Å². The molecule has 0 spiro atoms. The molecule has 1 aromatic carbocycles. The number of thiazole rings is 1. The van der Waals surface area contributed by atoms with Gasteiger partial charge in [-0.05, 0) is 6.42 Å². The molecule has 1 aliphatic heterocycles. The van der Waals surface area contributed by atoms with E-state index in [0.717, 1.165) is 35.8 Å². The van der Waals surface area contributed by atoms with E-state index in [1.807, 2.05) is 18.2 Å². The van der Waals surface area contributed by atoms with E-state index in [9.17, 15) is 4.79 Å². The van der Waals surface area contributed by atoms with Crippen LogP contribution in [0.4, 0.5) is 0 Å². The third-order valence-corrected chi connectivity index (χ3v) is 4.28. The van der Waals surface area contributed by atoms with Crippen LogP contribution in [0, 0.1) is 0 Å². The number of rotatable bonds is 4. The molecular formula is C15H17N3OS. The molecule has 2 aromatic rings. The zero-order valence-electron chi connectivity index (χ0n) is 11.1. The first-order chi connectivity index (χ1) is 9.81. The number of aromatic nitrogens is 1. The fourth-order valence-corrected chi connectivity index (χ4v) is 3.03. The molecule has 2 N–H and O–H groups in total. The molecular weight excluding hydrogens is 270 g/mol. The van der Waals surface area contributed by atoms with E-state index in [-0.39, 0.29) is 5.91 Å². The van der Waals surface area contributed by atoms with Crippen LogP contribution in [0.3, 0.4) is 0 Å². The highest BCUT2D eigenvalue weighted by molar-refractivity contribution is 7.09. The highest BCUT2D eigenvalue weighted by Gasteiger charge is 2.17. The summed E-state index contributed by atoms with van der Waals surface area (Å²) in [7, 11) is 0. The molecule has 0 radical (unpaired) electrons. The second kappa shape index (κ2) is 6.15. The van der Waals surface area contributed by atoms with Gasteiger partial charge in [0.05, 0.1) is 5.69 Å². The van der Waals surface area contributed by atoms with Crippen molar-refractivity contribution in [1.82, 2.24) is 15.6 Å². The largest absolute Gasteiger partial charge is 0.355 e. The predicted octanol–water partition coefficient (Wildman–Crippen LogP) is 2.18. The van der Waals surface area contributed by atoms with Gasteiger partial charge in [-0.3, -0.25) is 4.79 Å². The summed E-state index contributed by atoms with van der Waals surface area (Å²) in [6, 6.07) is 10.6. The molecule has 0 saturated carbocycles. The van der Waals surface area contributed by atoms with Crippen molar-refractivity contribution < 1.29 is 4.79 Å². The maximum absolute atomic E-state index is 11.1. The molecule has 2 heterocycles. The zero-order chi connectivity index (χ0) is 13.8. The second-order valence-corrected chi connectivity index (χ2v) is 5.86. The Bertz CT molecular complexity index is 572. The Morgan fingerprint density at radius 3 is 2.95 bits per heavy atom. The number of hydrogen-bond donors (Lipinski definition) is 2. The molecule has 1 atom stereocenters. The molecule has 104 valence electrons. The summed E-state index contributed by atoms with van der Waals surface area (Å²) in [6.07, 6.45) is 1.52. The molecule has 5 heteroatoms. The van der Waals surface area contributed by atoms with E-state index in [4.69, 9.17) is 0 Å². The summed E-state index contributed by atoms with van der Waals surface area (Å²) in [5.74, 6) is 0.156. The van der Waals surface area contributed by atoms with Gasteiger partial charge in [0, 0.05) is 36.5 Å². The predicted molar refractivity (Wildman–Crippen MR) is 80.4 cm³/mol. The third kappa shape index (κ3) is 3.23. The first kappa shape index (κ1) is 13.3. The first-order valence-electron chi connectivity index (χ1n) is 6.81. The fraction of sp³-hybridized carbons (Fsp3) is 0.333. The van der Waals surface area contributed by atoms with Gasteiger partial charge in [-0.15, -0.1) is 11.3 Å². The van der Waals surface area contributed by atoms with Crippen LogP contribution in [0.2, 0.25) is 0 Å². The smallest absolute Gasteiger partial charge is 0.220 e. The summed E-state index contributed by atoms with van der Waals surface area (Å²) in [5, 5.41) is 9.51. The van der Waals surface area contributed by atoms with Crippen LogP contribution >= 0.6 is 11.3 Å². The molecule has 1 aromatic heterocycles. The topological polar surface area (TPSA) is 54.0 Å². The van der Waals surface area contributed by atoms with Gasteiger partial charge in [-0.1, -0.05) is 30.3 Å². The summed E-state index contributed by atoms with van der Waals surface area (Å²) in [4.78, 5) is 15.7. The lowest BCUT2D eigenvalue weighted by Gasteiger charge is -2.22. The van der Waals surface area contributed by atoms with Gasteiger partial charge < -0.3 is 10.6 Å². The van der Waals surface area contributed by atoms with Crippen LogP contribution in [0.15, 0.2) is 35.7 Å². The van der Waals surface area contributed by atoms with Gasteiger partial charge >= 0.3 is 0 Å². The molecule has 1 unspecified atom stereocenters. The van der Waals surface area contributed by atoms with Crippen molar-refractivity contribution in [2.75, 3.05) is 6.54 Å². The maximum atomic E-state index is 11.1. The normalized spacial score (nSPS) is 18.8. The summed E-state index contributed by atoms with van der Waals surface area (Å²) >= 11 is 1.67. The van der Waals surface area contributed by atoms with E-state index in [2.05, 4.69) is 33.1 Å². The first-order valence-corrected chi connectivity index (χ1v) is 7.69. The lowest BCUT2D eigenvalue weighted by molar-refractivity contribution is -0.122. The van der Waals surface area contributed by atoms with Gasteiger partial charge in [0.2, 0.25) is 5.91 Å². The minimum atomic E-state index is 0.156. The van der Waals surface area contributed by atoms with Crippen molar-refractivity contribution >= 4 is 17.2 Å². The van der Waals surface area contributed by atoms with Gasteiger partial charge in [0.1, 0.15) is 5.01 Å². The number of amides is 1. The molecule has 1 amide bonds. The average Bonchev–Trinajstić information content (AvgIpc) is 2.97. The Morgan fingerprint density at radius 1 is 1.35 bits per heavy atom. The van der Waals surface area contributed by atoms with Crippen LogP contribution in [0.5, 0.6) is 0 Å². The third-order valence-electron chi connectivity index (χ3n) is 3.43. The quantitative estimate of drug-likeness (QED) is 0.906. The van der Waals surface area contributed by atoms with Crippen molar-refractivity contribution in [3.8, 4) is 11.3 Å². The Hall–Kier alpha value is -1.72. The SMILES string of the molecule is O=C1CCC(NCc2nc(-c3ccccc3)cs2)CN1. The van der Waals surface area contributed by atoms with Crippen molar-refractivity contribution in [3.63, 3.8) is 0 Å². The van der Waals surface area contributed by atoms with Crippen LogP contribution in [-0.2, 0) is 11.3 Å². The highest BCUT2D eigenvalue weighted by atomic mass is 32.1. The minimum absolute atomic E-state index is 0.156. The molecule has 0 bridgehead atoms. The van der Waals surface area contributed by atoms with E-state index in [0.29, 0.717) is 12.5 Å². The number of benzene rings is 1. The second-order valence-electron chi connectivity index (χ2n) is 4.91. The Balaban J connectivity index is 1.57. The van der Waals surface area contributed by atoms with Crippen LogP contribution < -0.4 is 10.6 Å². The number of hydrogen-bond acceptors (Lipinski definition) is 4. The van der Waals surface area contributed by atoms with Gasteiger partial charge in [-0.2, -0.15) is 0 Å². The van der Waals surface area contributed by atoms with Gasteiger partial charge in [0.15, 0.2) is 0 Å². The molecule has 1 fully saturated rings. The maximum Gasteiger partial charge on any atom is 0.220 e. The molecule has 3 rings (SSSR count). The Kier molecular flexibility index (Phi) is 4.08. The fourth-order valence-electron chi connectivity index (χ4n) is 2.27. The zero-order valence-corrected chi connectivity index (χ0v) is 12.0. The average molecular weight is 287 g/mol. The van der Waals surface area contributed by atoms with Crippen molar-refractivity contribution in [3.05, 3.63) is 40.7 Å². The van der Waals surface area contributed by atoms with Crippen molar-refractivity contribution in [2.45, 2.75) is 25.4 Å². The van der Waals surface area contributed by atoms with E-state index >= 15 is 0 Å². The molecule has 1 aliphatic rings. The molecule has 1 saturated heterocycles.